The number of para-hydroxylation sites is 2. The van der Waals surface area contributed by atoms with Crippen molar-refractivity contribution < 1.29 is 14.3 Å². The predicted molar refractivity (Wildman–Crippen MR) is 135 cm³/mol. The monoisotopic (exact) mass is 457 g/mol. The van der Waals surface area contributed by atoms with Gasteiger partial charge in [0.15, 0.2) is 0 Å². The Kier molecular flexibility index (Phi) is 7.48. The lowest BCUT2D eigenvalue weighted by Gasteiger charge is -2.17. The molecular weight excluding hydrogens is 426 g/mol. The Bertz CT molecular complexity index is 1250. The van der Waals surface area contributed by atoms with E-state index in [1.807, 2.05) is 80.6 Å². The summed E-state index contributed by atoms with van der Waals surface area (Å²) in [5.41, 5.74) is 3.78. The third-order valence-corrected chi connectivity index (χ3v) is 5.82. The minimum absolute atomic E-state index is 0.0993. The maximum atomic E-state index is 12.8. The summed E-state index contributed by atoms with van der Waals surface area (Å²) in [7, 11) is 1.65. The Morgan fingerprint density at radius 1 is 1.00 bits per heavy atom. The molecule has 0 aliphatic carbocycles. The number of benzene rings is 3. The first-order chi connectivity index (χ1) is 16.5. The van der Waals surface area contributed by atoms with E-state index in [0.29, 0.717) is 12.2 Å². The van der Waals surface area contributed by atoms with Gasteiger partial charge in [-0.1, -0.05) is 35.9 Å². The second-order valence-corrected chi connectivity index (χ2v) is 8.41. The molecule has 0 saturated heterocycles. The van der Waals surface area contributed by atoms with Gasteiger partial charge in [0.2, 0.25) is 0 Å². The minimum atomic E-state index is -0.228. The standard InChI is InChI=1S/C28H31N3O3/c1-20-13-15-22(16-14-20)28(32)29-21(2)27-30-25-11-4-5-12-26(25)31(27)17-6-7-18-34-24-10-8-9-23(19-24)33-3/h4-5,8-16,19,21H,6-7,17-18H2,1-3H3,(H,29,32). The fourth-order valence-electron chi connectivity index (χ4n) is 3.96. The van der Waals surface area contributed by atoms with Crippen LogP contribution in [0.3, 0.4) is 0 Å². The van der Waals surface area contributed by atoms with E-state index in [9.17, 15) is 4.79 Å². The Morgan fingerprint density at radius 3 is 2.56 bits per heavy atom. The highest BCUT2D eigenvalue weighted by molar-refractivity contribution is 5.94. The number of rotatable bonds is 10. The molecule has 0 radical (unpaired) electrons. The van der Waals surface area contributed by atoms with Crippen LogP contribution in [0.2, 0.25) is 0 Å². The zero-order valence-electron chi connectivity index (χ0n) is 20.0. The van der Waals surface area contributed by atoms with Crippen LogP contribution in [-0.4, -0.2) is 29.2 Å². The number of hydrogen-bond acceptors (Lipinski definition) is 4. The van der Waals surface area contributed by atoms with Crippen LogP contribution < -0.4 is 14.8 Å². The van der Waals surface area contributed by atoms with E-state index < -0.39 is 0 Å². The molecule has 1 atom stereocenters. The van der Waals surface area contributed by atoms with Crippen molar-refractivity contribution in [3.05, 3.63) is 89.7 Å². The van der Waals surface area contributed by atoms with E-state index in [1.165, 1.54) is 0 Å². The van der Waals surface area contributed by atoms with E-state index in [4.69, 9.17) is 14.5 Å². The largest absolute Gasteiger partial charge is 0.497 e. The maximum absolute atomic E-state index is 12.8. The number of ether oxygens (including phenoxy) is 2. The van der Waals surface area contributed by atoms with Crippen LogP contribution >= 0.6 is 0 Å². The lowest BCUT2D eigenvalue weighted by molar-refractivity contribution is 0.0937. The topological polar surface area (TPSA) is 65.4 Å². The number of amides is 1. The molecule has 4 rings (SSSR count). The molecule has 3 aromatic carbocycles. The van der Waals surface area contributed by atoms with Crippen LogP contribution in [0.5, 0.6) is 11.5 Å². The number of aryl methyl sites for hydroxylation is 2. The summed E-state index contributed by atoms with van der Waals surface area (Å²) < 4.78 is 13.3. The second kappa shape index (κ2) is 10.9. The Morgan fingerprint density at radius 2 is 1.76 bits per heavy atom. The molecule has 1 aromatic heterocycles. The van der Waals surface area contributed by atoms with E-state index in [1.54, 1.807) is 7.11 Å². The summed E-state index contributed by atoms with van der Waals surface area (Å²) in [6, 6.07) is 23.1. The van der Waals surface area contributed by atoms with E-state index in [2.05, 4.69) is 16.0 Å². The molecule has 34 heavy (non-hydrogen) atoms. The van der Waals surface area contributed by atoms with Gasteiger partial charge in [-0.25, -0.2) is 4.98 Å². The summed E-state index contributed by atoms with van der Waals surface area (Å²) in [6.07, 6.45) is 1.82. The molecule has 0 fully saturated rings. The summed E-state index contributed by atoms with van der Waals surface area (Å²) in [5, 5.41) is 3.11. The Hall–Kier alpha value is -3.80. The number of aromatic nitrogens is 2. The Balaban J connectivity index is 1.41. The lowest BCUT2D eigenvalue weighted by Crippen LogP contribution is -2.28. The van der Waals surface area contributed by atoms with Crippen LogP contribution in [0.25, 0.3) is 11.0 Å². The van der Waals surface area contributed by atoms with Crippen molar-refractivity contribution in [3.63, 3.8) is 0 Å². The third-order valence-electron chi connectivity index (χ3n) is 5.82. The molecule has 0 bridgehead atoms. The van der Waals surface area contributed by atoms with Gasteiger partial charge in [-0.15, -0.1) is 0 Å². The van der Waals surface area contributed by atoms with Crippen LogP contribution in [-0.2, 0) is 6.54 Å². The van der Waals surface area contributed by atoms with Gasteiger partial charge < -0.3 is 19.4 Å². The van der Waals surface area contributed by atoms with Gasteiger partial charge in [0.25, 0.3) is 5.91 Å². The molecule has 0 saturated carbocycles. The van der Waals surface area contributed by atoms with Crippen LogP contribution in [0.4, 0.5) is 0 Å². The SMILES string of the molecule is COc1cccc(OCCCCn2c(C(C)NC(=O)c3ccc(C)cc3)nc3ccccc32)c1. The zero-order chi connectivity index (χ0) is 23.9. The van der Waals surface area contributed by atoms with Crippen molar-refractivity contribution >= 4 is 16.9 Å². The Labute approximate surface area is 200 Å². The fraction of sp³-hybridized carbons (Fsp3) is 0.286. The van der Waals surface area contributed by atoms with Gasteiger partial charge in [0, 0.05) is 18.2 Å². The smallest absolute Gasteiger partial charge is 0.251 e. The molecule has 0 spiro atoms. The number of fused-ring (bicyclic) bond motifs is 1. The first-order valence-electron chi connectivity index (χ1n) is 11.6. The van der Waals surface area contributed by atoms with Crippen molar-refractivity contribution in [3.8, 4) is 11.5 Å². The van der Waals surface area contributed by atoms with Gasteiger partial charge in [0.1, 0.15) is 17.3 Å². The van der Waals surface area contributed by atoms with Gasteiger partial charge in [-0.3, -0.25) is 4.79 Å². The van der Waals surface area contributed by atoms with Gasteiger partial charge in [-0.2, -0.15) is 0 Å². The van der Waals surface area contributed by atoms with Crippen molar-refractivity contribution in [2.75, 3.05) is 13.7 Å². The number of carbonyl (C=O) groups is 1. The van der Waals surface area contributed by atoms with Crippen LogP contribution in [0.15, 0.2) is 72.8 Å². The van der Waals surface area contributed by atoms with Gasteiger partial charge in [0.05, 0.1) is 30.8 Å². The number of hydrogen-bond donors (Lipinski definition) is 1. The van der Waals surface area contributed by atoms with E-state index in [0.717, 1.165) is 53.3 Å². The van der Waals surface area contributed by atoms with Crippen molar-refractivity contribution in [2.45, 2.75) is 39.3 Å². The van der Waals surface area contributed by atoms with Crippen molar-refractivity contribution in [1.29, 1.82) is 0 Å². The lowest BCUT2D eigenvalue weighted by atomic mass is 10.1. The molecule has 0 aliphatic rings. The summed E-state index contributed by atoms with van der Waals surface area (Å²) in [5.74, 6) is 2.35. The molecule has 6 nitrogen and oxygen atoms in total. The number of methoxy groups -OCH3 is 1. The van der Waals surface area contributed by atoms with E-state index in [-0.39, 0.29) is 11.9 Å². The quantitative estimate of drug-likeness (QED) is 0.310. The molecule has 1 amide bonds. The first kappa shape index (κ1) is 23.4. The highest BCUT2D eigenvalue weighted by Gasteiger charge is 2.19. The van der Waals surface area contributed by atoms with Crippen LogP contribution in [0.1, 0.15) is 47.6 Å². The second-order valence-electron chi connectivity index (χ2n) is 8.41. The summed E-state index contributed by atoms with van der Waals surface area (Å²) in [4.78, 5) is 17.6. The van der Waals surface area contributed by atoms with E-state index >= 15 is 0 Å². The summed E-state index contributed by atoms with van der Waals surface area (Å²) >= 11 is 0. The molecule has 0 aliphatic heterocycles. The average molecular weight is 458 g/mol. The zero-order valence-corrected chi connectivity index (χ0v) is 20.0. The molecule has 1 N–H and O–H groups in total. The van der Waals surface area contributed by atoms with Crippen molar-refractivity contribution in [1.82, 2.24) is 14.9 Å². The van der Waals surface area contributed by atoms with Crippen molar-refractivity contribution in [2.24, 2.45) is 0 Å². The normalized spacial score (nSPS) is 11.9. The molecule has 6 heteroatoms. The van der Waals surface area contributed by atoms with Crippen LogP contribution in [0, 0.1) is 6.92 Å². The number of imidazole rings is 1. The maximum Gasteiger partial charge on any atom is 0.251 e. The fourth-order valence-corrected chi connectivity index (χ4v) is 3.96. The number of unbranched alkanes of at least 4 members (excludes halogenated alkanes) is 1. The third kappa shape index (κ3) is 5.57. The first-order valence-corrected chi connectivity index (χ1v) is 11.6. The van der Waals surface area contributed by atoms with Gasteiger partial charge >= 0.3 is 0 Å². The number of nitrogens with one attached hydrogen (secondary N) is 1. The highest BCUT2D eigenvalue weighted by atomic mass is 16.5. The minimum Gasteiger partial charge on any atom is -0.497 e. The molecular formula is C28H31N3O3. The molecule has 1 unspecified atom stereocenters. The predicted octanol–water partition coefficient (Wildman–Crippen LogP) is 5.70. The van der Waals surface area contributed by atoms with Gasteiger partial charge in [-0.05, 0) is 63.1 Å². The number of carbonyl (C=O) groups excluding carboxylic acids is 1. The molecule has 176 valence electrons. The summed E-state index contributed by atoms with van der Waals surface area (Å²) in [6.45, 7) is 5.40. The average Bonchev–Trinajstić information content (AvgIpc) is 3.23. The number of nitrogens with zero attached hydrogens (tertiary/aromatic N) is 2. The molecule has 4 aromatic rings. The highest BCUT2D eigenvalue weighted by Crippen LogP contribution is 2.23. The molecule has 1 heterocycles.